The highest BCUT2D eigenvalue weighted by atomic mass is 16.5. The summed E-state index contributed by atoms with van der Waals surface area (Å²) in [6.45, 7) is 1.48. The fraction of sp³-hybridized carbons (Fsp3) is 0.600. The van der Waals surface area contributed by atoms with E-state index >= 15 is 0 Å². The molecule has 1 aliphatic rings. The van der Waals surface area contributed by atoms with Crippen LogP contribution in [-0.4, -0.2) is 12.6 Å². The van der Waals surface area contributed by atoms with Gasteiger partial charge in [0.25, 0.3) is 0 Å². The van der Waals surface area contributed by atoms with Crippen molar-refractivity contribution in [1.82, 2.24) is 0 Å². The van der Waals surface area contributed by atoms with E-state index in [1.165, 1.54) is 31.2 Å². The Morgan fingerprint density at radius 1 is 1.18 bits per heavy atom. The molecule has 0 amide bonds. The Bertz CT molecular complexity index is 308. The maximum Gasteiger partial charge on any atom is 0.0716 e. The number of rotatable bonds is 8. The Morgan fingerprint density at radius 2 is 1.94 bits per heavy atom. The lowest BCUT2D eigenvalue weighted by Crippen LogP contribution is -2.22. The van der Waals surface area contributed by atoms with Crippen molar-refractivity contribution in [3.8, 4) is 0 Å². The van der Waals surface area contributed by atoms with Crippen LogP contribution in [0.2, 0.25) is 0 Å². The van der Waals surface area contributed by atoms with Crippen LogP contribution in [0.3, 0.4) is 0 Å². The number of benzene rings is 1. The van der Waals surface area contributed by atoms with Crippen molar-refractivity contribution < 1.29 is 4.74 Å². The highest BCUT2D eigenvalue weighted by Crippen LogP contribution is 2.33. The molecule has 2 heteroatoms. The Morgan fingerprint density at radius 3 is 2.65 bits per heavy atom. The molecule has 94 valence electrons. The van der Waals surface area contributed by atoms with Crippen LogP contribution in [0.15, 0.2) is 30.3 Å². The van der Waals surface area contributed by atoms with Crippen LogP contribution in [0.1, 0.15) is 37.7 Å². The second-order valence-corrected chi connectivity index (χ2v) is 5.11. The molecule has 0 heterocycles. The average molecular weight is 233 g/mol. The minimum Gasteiger partial charge on any atom is -0.377 e. The third kappa shape index (κ3) is 5.33. The fourth-order valence-electron chi connectivity index (χ4n) is 2.00. The lowest BCUT2D eigenvalue weighted by molar-refractivity contribution is 0.113. The molecule has 2 rings (SSSR count). The first-order chi connectivity index (χ1) is 8.34. The molecule has 1 aromatic carbocycles. The third-order valence-corrected chi connectivity index (χ3v) is 3.39. The molecule has 2 N–H and O–H groups in total. The predicted octanol–water partition coefficient (Wildman–Crippen LogP) is 3.11. The van der Waals surface area contributed by atoms with Gasteiger partial charge in [-0.05, 0) is 30.7 Å². The van der Waals surface area contributed by atoms with Gasteiger partial charge >= 0.3 is 0 Å². The summed E-state index contributed by atoms with van der Waals surface area (Å²) in [5.41, 5.74) is 7.28. The van der Waals surface area contributed by atoms with Gasteiger partial charge in [-0.15, -0.1) is 0 Å². The van der Waals surface area contributed by atoms with E-state index in [9.17, 15) is 0 Å². The monoisotopic (exact) mass is 233 g/mol. The predicted molar refractivity (Wildman–Crippen MR) is 70.6 cm³/mol. The van der Waals surface area contributed by atoms with E-state index in [2.05, 4.69) is 12.1 Å². The first kappa shape index (κ1) is 12.6. The molecule has 0 bridgehead atoms. The summed E-state index contributed by atoms with van der Waals surface area (Å²) in [5, 5.41) is 0. The molecule has 0 aromatic heterocycles. The first-order valence-electron chi connectivity index (χ1n) is 6.72. The zero-order valence-corrected chi connectivity index (χ0v) is 10.5. The zero-order chi connectivity index (χ0) is 11.9. The smallest absolute Gasteiger partial charge is 0.0716 e. The summed E-state index contributed by atoms with van der Waals surface area (Å²) in [5.74, 6) is 0.992. The second kappa shape index (κ2) is 6.77. The van der Waals surface area contributed by atoms with Crippen LogP contribution in [-0.2, 0) is 11.3 Å². The highest BCUT2D eigenvalue weighted by Gasteiger charge is 2.21. The van der Waals surface area contributed by atoms with E-state index in [1.54, 1.807) is 0 Å². The van der Waals surface area contributed by atoms with Crippen molar-refractivity contribution in [2.24, 2.45) is 11.7 Å². The molecule has 2 nitrogen and oxygen atoms in total. The summed E-state index contributed by atoms with van der Waals surface area (Å²) in [4.78, 5) is 0. The first-order valence-corrected chi connectivity index (χ1v) is 6.72. The highest BCUT2D eigenvalue weighted by molar-refractivity contribution is 5.13. The molecule has 1 saturated carbocycles. The summed E-state index contributed by atoms with van der Waals surface area (Å²) in [6.07, 6.45) is 6.33. The molecule has 1 atom stereocenters. The lowest BCUT2D eigenvalue weighted by atomic mass is 10.1. The Hall–Kier alpha value is -0.860. The van der Waals surface area contributed by atoms with E-state index in [-0.39, 0.29) is 0 Å². The van der Waals surface area contributed by atoms with Gasteiger partial charge in [-0.25, -0.2) is 0 Å². The van der Waals surface area contributed by atoms with Crippen molar-refractivity contribution in [3.63, 3.8) is 0 Å². The van der Waals surface area contributed by atoms with Crippen molar-refractivity contribution in [3.05, 3.63) is 35.9 Å². The molecular formula is C15H23NO. The van der Waals surface area contributed by atoms with E-state index in [0.29, 0.717) is 12.6 Å². The van der Waals surface area contributed by atoms with Gasteiger partial charge in [0.15, 0.2) is 0 Å². The number of hydrogen-bond acceptors (Lipinski definition) is 2. The maximum atomic E-state index is 6.05. The zero-order valence-electron chi connectivity index (χ0n) is 10.5. The fourth-order valence-corrected chi connectivity index (χ4v) is 2.00. The number of hydrogen-bond donors (Lipinski definition) is 1. The van der Waals surface area contributed by atoms with Crippen molar-refractivity contribution in [1.29, 1.82) is 0 Å². The van der Waals surface area contributed by atoms with Crippen LogP contribution in [0.25, 0.3) is 0 Å². The summed E-state index contributed by atoms with van der Waals surface area (Å²) in [7, 11) is 0. The van der Waals surface area contributed by atoms with Gasteiger partial charge < -0.3 is 10.5 Å². The van der Waals surface area contributed by atoms with Crippen LogP contribution >= 0.6 is 0 Å². The topological polar surface area (TPSA) is 35.2 Å². The second-order valence-electron chi connectivity index (χ2n) is 5.11. The lowest BCUT2D eigenvalue weighted by Gasteiger charge is -2.11. The molecule has 1 fully saturated rings. The maximum absolute atomic E-state index is 6.05. The Balaban J connectivity index is 1.50. The molecule has 0 radical (unpaired) electrons. The van der Waals surface area contributed by atoms with Crippen molar-refractivity contribution >= 4 is 0 Å². The van der Waals surface area contributed by atoms with Crippen LogP contribution < -0.4 is 5.73 Å². The normalized spacial score (nSPS) is 17.0. The molecule has 1 aromatic rings. The van der Waals surface area contributed by atoms with Crippen LogP contribution in [0.5, 0.6) is 0 Å². The standard InChI is InChI=1S/C15H23NO/c16-15(9-8-13-6-7-13)10-11-17-12-14-4-2-1-3-5-14/h1-5,13,15H,6-12,16H2. The van der Waals surface area contributed by atoms with E-state index < -0.39 is 0 Å². The minimum absolute atomic E-state index is 0.325. The Kier molecular flexibility index (Phi) is 5.02. The SMILES string of the molecule is NC(CCOCc1ccccc1)CCC1CC1. The van der Waals surface area contributed by atoms with Crippen molar-refractivity contribution in [2.75, 3.05) is 6.61 Å². The number of ether oxygens (including phenoxy) is 1. The summed E-state index contributed by atoms with van der Waals surface area (Å²) in [6, 6.07) is 10.6. The van der Waals surface area contributed by atoms with Crippen molar-refractivity contribution in [2.45, 2.75) is 44.8 Å². The molecule has 1 unspecified atom stereocenters. The largest absolute Gasteiger partial charge is 0.377 e. The van der Waals surface area contributed by atoms with Gasteiger partial charge in [-0.1, -0.05) is 43.2 Å². The van der Waals surface area contributed by atoms with Gasteiger partial charge in [0.05, 0.1) is 6.61 Å². The molecule has 0 spiro atoms. The molecular weight excluding hydrogens is 210 g/mol. The van der Waals surface area contributed by atoms with E-state index in [4.69, 9.17) is 10.5 Å². The van der Waals surface area contributed by atoms with Gasteiger partial charge in [0.1, 0.15) is 0 Å². The number of nitrogens with two attached hydrogens (primary N) is 1. The summed E-state index contributed by atoms with van der Waals surface area (Å²) < 4.78 is 5.63. The van der Waals surface area contributed by atoms with Gasteiger partial charge in [-0.3, -0.25) is 0 Å². The van der Waals surface area contributed by atoms with Gasteiger partial charge in [-0.2, -0.15) is 0 Å². The molecule has 0 saturated heterocycles. The minimum atomic E-state index is 0.325. The van der Waals surface area contributed by atoms with Crippen LogP contribution in [0.4, 0.5) is 0 Å². The Labute approximate surface area is 104 Å². The average Bonchev–Trinajstić information content (AvgIpc) is 3.17. The molecule has 17 heavy (non-hydrogen) atoms. The van der Waals surface area contributed by atoms with E-state index in [1.807, 2.05) is 18.2 Å². The summed E-state index contributed by atoms with van der Waals surface area (Å²) >= 11 is 0. The molecule has 1 aliphatic carbocycles. The quantitative estimate of drug-likeness (QED) is 0.700. The van der Waals surface area contributed by atoms with Gasteiger partial charge in [0.2, 0.25) is 0 Å². The van der Waals surface area contributed by atoms with Gasteiger partial charge in [0, 0.05) is 12.6 Å². The third-order valence-electron chi connectivity index (χ3n) is 3.39. The van der Waals surface area contributed by atoms with Crippen LogP contribution in [0, 0.1) is 5.92 Å². The molecule has 0 aliphatic heterocycles. The van der Waals surface area contributed by atoms with E-state index in [0.717, 1.165) is 18.9 Å².